The van der Waals surface area contributed by atoms with Crippen molar-refractivity contribution in [3.8, 4) is 0 Å². The molecule has 0 unspecified atom stereocenters. The van der Waals surface area contributed by atoms with Gasteiger partial charge in [0.1, 0.15) is 6.10 Å². The highest BCUT2D eigenvalue weighted by Crippen LogP contribution is 2.75. The quantitative estimate of drug-likeness (QED) is 0.303. The molecule has 8 atom stereocenters. The molecule has 0 spiro atoms. The molecule has 44 heavy (non-hydrogen) atoms. The zero-order valence-corrected chi connectivity index (χ0v) is 27.7. The highest BCUT2D eigenvalue weighted by molar-refractivity contribution is 6.01. The van der Waals surface area contributed by atoms with Crippen LogP contribution >= 0.6 is 0 Å². The van der Waals surface area contributed by atoms with Crippen LogP contribution in [0.1, 0.15) is 133 Å². The molecule has 6 heteroatoms. The lowest BCUT2D eigenvalue weighted by Gasteiger charge is -2.71. The van der Waals surface area contributed by atoms with Crippen LogP contribution in [-0.4, -0.2) is 24.0 Å². The minimum absolute atomic E-state index is 0.0298. The molecule has 0 radical (unpaired) electrons. The molecule has 0 saturated heterocycles. The fourth-order valence-corrected chi connectivity index (χ4v) is 11.8. The van der Waals surface area contributed by atoms with Gasteiger partial charge in [0.25, 0.3) is 0 Å². The summed E-state index contributed by atoms with van der Waals surface area (Å²) in [6.45, 7) is 16.5. The van der Waals surface area contributed by atoms with Crippen molar-refractivity contribution in [2.75, 3.05) is 0 Å². The van der Waals surface area contributed by atoms with Crippen LogP contribution in [0.4, 0.5) is 0 Å². The van der Waals surface area contributed by atoms with Crippen LogP contribution < -0.4 is 10.2 Å². The Balaban J connectivity index is 1.31. The molecule has 0 heterocycles. The summed E-state index contributed by atoms with van der Waals surface area (Å²) >= 11 is 0. The molecule has 1 aromatic carbocycles. The summed E-state index contributed by atoms with van der Waals surface area (Å²) in [4.78, 5) is 37.8. The molecule has 240 valence electrons. The maximum absolute atomic E-state index is 13.3. The van der Waals surface area contributed by atoms with Gasteiger partial charge in [-0.05, 0) is 110 Å². The van der Waals surface area contributed by atoms with E-state index in [-0.39, 0.29) is 50.2 Å². The van der Waals surface area contributed by atoms with Crippen LogP contribution in [0.3, 0.4) is 0 Å². The van der Waals surface area contributed by atoms with Gasteiger partial charge in [-0.1, -0.05) is 78.3 Å². The van der Waals surface area contributed by atoms with Gasteiger partial charge in [0.15, 0.2) is 0 Å². The molecule has 5 aliphatic carbocycles. The SMILES string of the molecule is CC1(C)CC[C@]2(C(=O)[O-])CC[C@]3(C)C(=CC[C@@H]4[C@@]5(C)CC[C@H](OC(=O)c6ccccc6C(=O)[O-])C(C)(C)[C@@H]5CC[C@]43C)[C@@H]2C1. The second-order valence-corrected chi connectivity index (χ2v) is 17.2. The van der Waals surface area contributed by atoms with E-state index in [2.05, 4.69) is 54.5 Å². The largest absolute Gasteiger partial charge is 0.550 e. The third-order valence-electron chi connectivity index (χ3n) is 14.6. The van der Waals surface area contributed by atoms with Gasteiger partial charge in [-0.3, -0.25) is 0 Å². The van der Waals surface area contributed by atoms with Gasteiger partial charge >= 0.3 is 5.97 Å². The predicted molar refractivity (Wildman–Crippen MR) is 164 cm³/mol. The second-order valence-electron chi connectivity index (χ2n) is 17.2. The summed E-state index contributed by atoms with van der Waals surface area (Å²) in [7, 11) is 0. The van der Waals surface area contributed by atoms with Gasteiger partial charge in [0.05, 0.1) is 11.5 Å². The molecule has 4 saturated carbocycles. The second kappa shape index (κ2) is 9.93. The van der Waals surface area contributed by atoms with Crippen LogP contribution in [-0.2, 0) is 9.53 Å². The highest BCUT2D eigenvalue weighted by Gasteiger charge is 2.68. The van der Waals surface area contributed by atoms with E-state index in [0.717, 1.165) is 51.4 Å². The van der Waals surface area contributed by atoms with Crippen molar-refractivity contribution in [1.29, 1.82) is 0 Å². The maximum Gasteiger partial charge on any atom is 0.339 e. The van der Waals surface area contributed by atoms with Gasteiger partial charge in [0.2, 0.25) is 0 Å². The Morgan fingerprint density at radius 1 is 0.795 bits per heavy atom. The Hall–Kier alpha value is -2.63. The van der Waals surface area contributed by atoms with Crippen molar-refractivity contribution in [3.63, 3.8) is 0 Å². The molecule has 0 aliphatic heterocycles. The molecule has 6 rings (SSSR count). The monoisotopic (exact) mass is 602 g/mol. The summed E-state index contributed by atoms with van der Waals surface area (Å²) in [6, 6.07) is 6.12. The van der Waals surface area contributed by atoms with Crippen molar-refractivity contribution in [2.24, 2.45) is 50.2 Å². The number of hydrogen-bond acceptors (Lipinski definition) is 6. The molecule has 0 aromatic heterocycles. The normalized spacial score (nSPS) is 41.9. The zero-order valence-electron chi connectivity index (χ0n) is 27.7. The molecular formula is C38H50O6-2. The highest BCUT2D eigenvalue weighted by atomic mass is 16.5. The van der Waals surface area contributed by atoms with E-state index in [9.17, 15) is 24.6 Å². The number of carboxylic acids is 2. The molecule has 0 N–H and O–H groups in total. The average molecular weight is 603 g/mol. The lowest BCUT2D eigenvalue weighted by atomic mass is 9.33. The van der Waals surface area contributed by atoms with E-state index in [1.54, 1.807) is 12.1 Å². The maximum atomic E-state index is 13.3. The number of carbonyl (C=O) groups excluding carboxylic acids is 3. The van der Waals surface area contributed by atoms with E-state index in [1.807, 2.05) is 0 Å². The predicted octanol–water partition coefficient (Wildman–Crippen LogP) is 6.13. The summed E-state index contributed by atoms with van der Waals surface area (Å²) in [5, 5.41) is 24.5. The Kier molecular flexibility index (Phi) is 7.08. The van der Waals surface area contributed by atoms with Crippen molar-refractivity contribution >= 4 is 17.9 Å². The molecule has 6 nitrogen and oxygen atoms in total. The molecule has 5 aliphatic rings. The minimum Gasteiger partial charge on any atom is -0.550 e. The first-order valence-electron chi connectivity index (χ1n) is 16.9. The number of aliphatic carboxylic acids is 1. The number of allylic oxidation sites excluding steroid dienone is 2. The Morgan fingerprint density at radius 3 is 2.11 bits per heavy atom. The topological polar surface area (TPSA) is 107 Å². The third-order valence-corrected chi connectivity index (χ3v) is 14.6. The molecule has 0 bridgehead atoms. The zero-order chi connectivity index (χ0) is 32.1. The van der Waals surface area contributed by atoms with Crippen molar-refractivity contribution in [1.82, 2.24) is 0 Å². The first-order valence-corrected chi connectivity index (χ1v) is 16.9. The van der Waals surface area contributed by atoms with Gasteiger partial charge in [-0.15, -0.1) is 0 Å². The van der Waals surface area contributed by atoms with E-state index in [4.69, 9.17) is 4.74 Å². The lowest BCUT2D eigenvalue weighted by Crippen LogP contribution is -2.65. The van der Waals surface area contributed by atoms with E-state index >= 15 is 0 Å². The van der Waals surface area contributed by atoms with Crippen molar-refractivity contribution in [2.45, 2.75) is 119 Å². The molecular weight excluding hydrogens is 552 g/mol. The Bertz CT molecular complexity index is 1420. The van der Waals surface area contributed by atoms with Crippen LogP contribution in [0.25, 0.3) is 0 Å². The number of fused-ring (bicyclic) bond motifs is 7. The van der Waals surface area contributed by atoms with Crippen LogP contribution in [0.5, 0.6) is 0 Å². The fourth-order valence-electron chi connectivity index (χ4n) is 11.8. The van der Waals surface area contributed by atoms with E-state index < -0.39 is 23.3 Å². The minimum atomic E-state index is -1.38. The first-order chi connectivity index (χ1) is 20.4. The van der Waals surface area contributed by atoms with Crippen molar-refractivity contribution < 1.29 is 29.3 Å². The first kappa shape index (κ1) is 31.4. The van der Waals surface area contributed by atoms with Crippen LogP contribution in [0, 0.1) is 50.2 Å². The Morgan fingerprint density at radius 2 is 1.45 bits per heavy atom. The Labute approximate surface area is 263 Å². The van der Waals surface area contributed by atoms with Gasteiger partial charge < -0.3 is 24.5 Å². The number of carbonyl (C=O) groups is 3. The average Bonchev–Trinajstić information content (AvgIpc) is 2.94. The van der Waals surface area contributed by atoms with E-state index in [1.165, 1.54) is 17.7 Å². The summed E-state index contributed by atoms with van der Waals surface area (Å²) in [5.41, 5.74) is 0.376. The number of aromatic carboxylic acids is 1. The van der Waals surface area contributed by atoms with Crippen molar-refractivity contribution in [3.05, 3.63) is 47.0 Å². The standard InChI is InChI=1S/C38H52O6/c1-33(2)18-20-38(32(42)43)21-19-36(6)25(26(38)22-33)12-13-28-35(5)16-15-29(34(3,4)27(35)14-17-37(28,36)7)44-31(41)24-11-9-8-10-23(24)30(39)40/h8-12,26-29H,13-22H2,1-7H3,(H,39,40)(H,42,43)/p-2/t26-,27-,28+,29-,35-,36+,37+,38-/m0/s1. The number of esters is 1. The third kappa shape index (κ3) is 4.21. The molecule has 4 fully saturated rings. The number of benzene rings is 1. The lowest BCUT2D eigenvalue weighted by molar-refractivity contribution is -0.327. The van der Waals surface area contributed by atoms with Crippen LogP contribution in [0.2, 0.25) is 0 Å². The van der Waals surface area contributed by atoms with Gasteiger partial charge in [-0.25, -0.2) is 4.79 Å². The summed E-state index contributed by atoms with van der Waals surface area (Å²) < 4.78 is 6.15. The fraction of sp³-hybridized carbons (Fsp3) is 0.711. The van der Waals surface area contributed by atoms with Gasteiger partial charge in [-0.2, -0.15) is 0 Å². The number of rotatable bonds is 4. The van der Waals surface area contributed by atoms with Gasteiger partial charge in [0, 0.05) is 22.4 Å². The molecule has 1 aromatic rings. The number of ether oxygens (including phenoxy) is 1. The summed E-state index contributed by atoms with van der Waals surface area (Å²) in [5.74, 6) is -2.03. The summed E-state index contributed by atoms with van der Waals surface area (Å²) in [6.07, 6.45) is 11.0. The van der Waals surface area contributed by atoms with Crippen LogP contribution in [0.15, 0.2) is 35.9 Å². The number of carboxylic acid groups (broad SMARTS) is 2. The van der Waals surface area contributed by atoms with E-state index in [0.29, 0.717) is 24.7 Å². The number of hydrogen-bond donors (Lipinski definition) is 0. The smallest absolute Gasteiger partial charge is 0.339 e. The molecule has 0 amide bonds.